The number of hydrogen-bond acceptors (Lipinski definition) is 14. The molecule has 2 aliphatic carbocycles. The van der Waals surface area contributed by atoms with Gasteiger partial charge in [-0.15, -0.1) is 11.6 Å². The topological polar surface area (TPSA) is 257 Å². The minimum Gasteiger partial charge on any atom is -0.583 e. The van der Waals surface area contributed by atoms with E-state index in [0.717, 1.165) is 24.2 Å². The summed E-state index contributed by atoms with van der Waals surface area (Å²) in [5.41, 5.74) is 2.74. The molecule has 2 amide bonds. The van der Waals surface area contributed by atoms with Gasteiger partial charge in [-0.2, -0.15) is 0 Å². The molecule has 8 N–H and O–H groups in total. The SMILES string of the molecule is O=C(O)c1c(OC2CN(C(=O)C[C@@H]3CNCCO3)C2)ccc2c1C[B-](O)(O)[C@@H]1C[C@H]21.O=C(O)c1c(OC2CN(C(=O)C[C@@H]3CNCCO3)C2)ccc2c1C[B-](O)(O)[C@@H]1C[C@H]21.[Na+].[Na+]. The molecule has 62 heavy (non-hydrogen) atoms. The number of likely N-dealkylation sites (tertiary alicyclic amines) is 2. The Balaban J connectivity index is 0.000000181. The third kappa shape index (κ3) is 9.79. The summed E-state index contributed by atoms with van der Waals surface area (Å²) >= 11 is 0. The van der Waals surface area contributed by atoms with Gasteiger partial charge in [0.25, 0.3) is 0 Å². The van der Waals surface area contributed by atoms with Gasteiger partial charge in [0, 0.05) is 26.2 Å². The van der Waals surface area contributed by atoms with E-state index in [4.69, 9.17) is 18.9 Å². The smallest absolute Gasteiger partial charge is 0.583 e. The molecule has 2 aromatic rings. The number of nitrogens with one attached hydrogen (secondary N) is 2. The Morgan fingerprint density at radius 2 is 1.03 bits per heavy atom. The van der Waals surface area contributed by atoms with E-state index in [2.05, 4.69) is 10.6 Å². The van der Waals surface area contributed by atoms with Gasteiger partial charge in [0.2, 0.25) is 24.9 Å². The number of hydrogen-bond donors (Lipinski definition) is 8. The first kappa shape index (κ1) is 47.7. The van der Waals surface area contributed by atoms with Gasteiger partial charge < -0.3 is 69.7 Å². The van der Waals surface area contributed by atoms with Crippen molar-refractivity contribution in [1.82, 2.24) is 20.4 Å². The number of ether oxygens (including phenoxy) is 4. The maximum Gasteiger partial charge on any atom is 1.00 e. The molecule has 6 fully saturated rings. The first-order valence-corrected chi connectivity index (χ1v) is 21.2. The molecule has 6 atom stereocenters. The molecule has 6 aliphatic heterocycles. The monoisotopic (exact) mass is 880 g/mol. The zero-order valence-electron chi connectivity index (χ0n) is 35.2. The van der Waals surface area contributed by atoms with Crippen molar-refractivity contribution in [1.29, 1.82) is 0 Å². The number of nitrogens with zero attached hydrogens (tertiary/aromatic N) is 2. The van der Waals surface area contributed by atoms with Crippen LogP contribution in [0.5, 0.6) is 11.5 Å². The molecule has 0 unspecified atom stereocenters. The van der Waals surface area contributed by atoms with Gasteiger partial charge in [0.05, 0.1) is 64.4 Å². The largest absolute Gasteiger partial charge is 1.00 e. The van der Waals surface area contributed by atoms with Gasteiger partial charge in [0.1, 0.15) is 34.8 Å². The summed E-state index contributed by atoms with van der Waals surface area (Å²) in [5.74, 6) is -2.12. The van der Waals surface area contributed by atoms with E-state index in [-0.39, 0.29) is 154 Å². The van der Waals surface area contributed by atoms with Gasteiger partial charge in [-0.3, -0.25) is 9.59 Å². The molecular weight excluding hydrogens is 828 g/mol. The van der Waals surface area contributed by atoms with Gasteiger partial charge in [0.15, 0.2) is 0 Å². The summed E-state index contributed by atoms with van der Waals surface area (Å²) in [5, 5.41) is 67.3. The summed E-state index contributed by atoms with van der Waals surface area (Å²) in [6.07, 6.45) is 1.08. The molecule has 2 aromatic carbocycles. The van der Waals surface area contributed by atoms with Crippen LogP contribution in [0.2, 0.25) is 11.6 Å². The number of aromatic carboxylic acids is 2. The van der Waals surface area contributed by atoms with E-state index in [1.54, 1.807) is 21.9 Å². The van der Waals surface area contributed by atoms with E-state index in [0.29, 0.717) is 89.3 Å². The standard InChI is InChI=1S/2C20H26BN2O7.2Na/c2*24-18(5-11-8-22-3-4-29-11)23-9-12(10-23)30-17-2-1-13-14-6-16(14)21(27,28)7-15(13)19(17)20(25)26;;/h2*1-2,11-12,14,16,22,27-28H,3-10H2,(H,25,26);;/q2*-1;2*+1/t2*11-,14-,16-;;/m11../s1. The Hall–Kier alpha value is -2.27. The zero-order valence-corrected chi connectivity index (χ0v) is 39.2. The molecule has 0 bridgehead atoms. The van der Waals surface area contributed by atoms with Crippen LogP contribution in [0.25, 0.3) is 0 Å². The van der Waals surface area contributed by atoms with Crippen LogP contribution in [0, 0.1) is 0 Å². The summed E-state index contributed by atoms with van der Waals surface area (Å²) in [4.78, 5) is 52.1. The van der Waals surface area contributed by atoms with Crippen LogP contribution in [-0.2, 0) is 31.7 Å². The first-order chi connectivity index (χ1) is 28.7. The van der Waals surface area contributed by atoms with Crippen molar-refractivity contribution in [3.05, 3.63) is 57.6 Å². The number of rotatable bonds is 10. The molecular formula is C40H52B2N4Na2O14. The van der Waals surface area contributed by atoms with Crippen LogP contribution < -0.4 is 79.2 Å². The number of benzene rings is 2. The third-order valence-electron chi connectivity index (χ3n) is 13.7. The number of amides is 2. The maximum absolute atomic E-state index is 12.4. The van der Waals surface area contributed by atoms with Gasteiger partial charge in [-0.05, 0) is 35.1 Å². The minimum absolute atomic E-state index is 0. The van der Waals surface area contributed by atoms with Crippen LogP contribution in [-0.4, -0.2) is 167 Å². The number of carboxylic acids is 2. The Morgan fingerprint density at radius 3 is 1.37 bits per heavy atom. The van der Waals surface area contributed by atoms with Crippen molar-refractivity contribution in [2.24, 2.45) is 0 Å². The molecule has 0 spiro atoms. The van der Waals surface area contributed by atoms with Gasteiger partial charge in [-0.25, -0.2) is 9.59 Å². The van der Waals surface area contributed by atoms with Gasteiger partial charge in [-0.1, -0.05) is 48.7 Å². The fourth-order valence-electron chi connectivity index (χ4n) is 10.3. The van der Waals surface area contributed by atoms with Crippen molar-refractivity contribution in [2.75, 3.05) is 65.6 Å². The normalized spacial score (nSPS) is 28.5. The summed E-state index contributed by atoms with van der Waals surface area (Å²) < 4.78 is 23.0. The van der Waals surface area contributed by atoms with Crippen molar-refractivity contribution in [2.45, 2.75) is 86.2 Å². The molecule has 0 aromatic heterocycles. The second-order valence-corrected chi connectivity index (χ2v) is 18.0. The van der Waals surface area contributed by atoms with E-state index in [1.807, 2.05) is 12.1 Å². The second-order valence-electron chi connectivity index (χ2n) is 18.0. The first-order valence-electron chi connectivity index (χ1n) is 21.2. The molecule has 18 nitrogen and oxygen atoms in total. The van der Waals surface area contributed by atoms with Crippen LogP contribution in [0.4, 0.5) is 0 Å². The van der Waals surface area contributed by atoms with E-state index in [9.17, 15) is 49.5 Å². The molecule has 10 rings (SSSR count). The zero-order chi connectivity index (χ0) is 42.1. The number of carboxylic acid groups (broad SMARTS) is 2. The summed E-state index contributed by atoms with van der Waals surface area (Å²) in [6, 6.07) is 7.03. The molecule has 324 valence electrons. The second kappa shape index (κ2) is 18.9. The molecule has 6 heterocycles. The van der Waals surface area contributed by atoms with Crippen LogP contribution >= 0.6 is 0 Å². The Bertz CT molecular complexity index is 1920. The van der Waals surface area contributed by atoms with Crippen molar-refractivity contribution in [3.8, 4) is 11.5 Å². The predicted octanol–water partition coefficient (Wildman–Crippen LogP) is -6.53. The van der Waals surface area contributed by atoms with E-state index < -0.39 is 25.0 Å². The van der Waals surface area contributed by atoms with Crippen LogP contribution in [0.1, 0.15) is 80.5 Å². The Kier molecular flexibility index (Phi) is 14.5. The molecule has 8 aliphatic rings. The molecule has 2 saturated carbocycles. The maximum atomic E-state index is 12.4. The van der Waals surface area contributed by atoms with Crippen LogP contribution in [0.15, 0.2) is 24.3 Å². The van der Waals surface area contributed by atoms with Crippen molar-refractivity contribution >= 4 is 36.9 Å². The molecule has 0 radical (unpaired) electrons. The quantitative estimate of drug-likeness (QED) is 0.103. The third-order valence-corrected chi connectivity index (χ3v) is 13.7. The Labute approximate surface area is 402 Å². The van der Waals surface area contributed by atoms with Crippen LogP contribution in [0.3, 0.4) is 0 Å². The summed E-state index contributed by atoms with van der Waals surface area (Å²) in [6.45, 7) is 0.553. The van der Waals surface area contributed by atoms with Crippen molar-refractivity contribution in [3.63, 3.8) is 0 Å². The predicted molar refractivity (Wildman–Crippen MR) is 213 cm³/mol. The van der Waals surface area contributed by atoms with Crippen molar-refractivity contribution < 1.29 is 128 Å². The van der Waals surface area contributed by atoms with E-state index in [1.165, 1.54) is 0 Å². The number of fused-ring (bicyclic) bond motifs is 6. The number of morpholine rings is 2. The molecule has 22 heteroatoms. The van der Waals surface area contributed by atoms with Gasteiger partial charge >= 0.3 is 71.1 Å². The summed E-state index contributed by atoms with van der Waals surface area (Å²) in [7, 11) is 0. The Morgan fingerprint density at radius 1 is 0.645 bits per heavy atom. The fraction of sp³-hybridized carbons (Fsp3) is 0.600. The average Bonchev–Trinajstić information content (AvgIpc) is 4.09. The van der Waals surface area contributed by atoms with E-state index >= 15 is 0 Å². The fourth-order valence-corrected chi connectivity index (χ4v) is 10.3. The minimum atomic E-state index is -2.58. The molecule has 4 saturated heterocycles. The number of carbonyl (C=O) groups excluding carboxylic acids is 2. The average molecular weight is 880 g/mol. The number of carbonyl (C=O) groups is 4.